The molecule has 4 nitrogen and oxygen atoms in total. The van der Waals surface area contributed by atoms with Crippen LogP contribution in [0.5, 0.6) is 5.75 Å². The molecule has 2 aromatic carbocycles. The van der Waals surface area contributed by atoms with Gasteiger partial charge in [0.25, 0.3) is 0 Å². The summed E-state index contributed by atoms with van der Waals surface area (Å²) in [6.07, 6.45) is 1.77. The number of carboxylic acids is 1. The number of fused-ring (bicyclic) bond motifs is 1. The Hall–Kier alpha value is -2.17. The van der Waals surface area contributed by atoms with Gasteiger partial charge in [0, 0.05) is 33.2 Å². The number of carboxylic acid groups (broad SMARTS) is 1. The summed E-state index contributed by atoms with van der Waals surface area (Å²) >= 11 is 12.4. The van der Waals surface area contributed by atoms with Crippen LogP contribution in [-0.2, 0) is 17.8 Å². The van der Waals surface area contributed by atoms with E-state index in [9.17, 15) is 4.79 Å². The summed E-state index contributed by atoms with van der Waals surface area (Å²) in [5, 5.41) is 11.6. The Morgan fingerprint density at radius 3 is 2.45 bits per heavy atom. The minimum atomic E-state index is -0.809. The van der Waals surface area contributed by atoms with Crippen LogP contribution in [0.3, 0.4) is 0 Å². The first-order valence-corrected chi connectivity index (χ1v) is 10.4. The highest BCUT2D eigenvalue weighted by Gasteiger charge is 2.15. The van der Waals surface area contributed by atoms with Crippen molar-refractivity contribution in [2.75, 3.05) is 6.61 Å². The summed E-state index contributed by atoms with van der Waals surface area (Å²) in [6, 6.07) is 9.72. The number of rotatable bonds is 8. The van der Waals surface area contributed by atoms with Crippen LogP contribution >= 0.6 is 23.2 Å². The lowest BCUT2D eigenvalue weighted by molar-refractivity contribution is -0.137. The number of halogens is 2. The fraction of sp³-hybridized carbons (Fsp3) is 0.348. The first kappa shape index (κ1) is 21.5. The van der Waals surface area contributed by atoms with Crippen LogP contribution in [0, 0.1) is 20.8 Å². The highest BCUT2D eigenvalue weighted by Crippen LogP contribution is 2.30. The van der Waals surface area contributed by atoms with E-state index < -0.39 is 5.97 Å². The lowest BCUT2D eigenvalue weighted by Gasteiger charge is -2.10. The predicted octanol–water partition coefficient (Wildman–Crippen LogP) is 6.36. The largest absolute Gasteiger partial charge is 0.494 e. The molecule has 0 amide bonds. The molecule has 0 unspecified atom stereocenters. The van der Waals surface area contributed by atoms with E-state index in [1.807, 2.05) is 51.1 Å². The second-order valence-corrected chi connectivity index (χ2v) is 8.16. The number of carbonyl (C=O) groups is 1. The Bertz CT molecular complexity index is 1030. The van der Waals surface area contributed by atoms with E-state index in [-0.39, 0.29) is 6.42 Å². The number of benzene rings is 2. The van der Waals surface area contributed by atoms with Crippen molar-refractivity contribution < 1.29 is 14.6 Å². The van der Waals surface area contributed by atoms with Gasteiger partial charge in [0.05, 0.1) is 13.0 Å². The Kier molecular flexibility index (Phi) is 6.76. The second kappa shape index (κ2) is 9.10. The molecule has 6 heteroatoms. The highest BCUT2D eigenvalue weighted by atomic mass is 35.5. The minimum absolute atomic E-state index is 0.0783. The van der Waals surface area contributed by atoms with Gasteiger partial charge in [-0.2, -0.15) is 0 Å². The number of hydrogen-bond donors (Lipinski definition) is 1. The molecule has 0 saturated carbocycles. The summed E-state index contributed by atoms with van der Waals surface area (Å²) in [7, 11) is 0. The molecule has 0 atom stereocenters. The summed E-state index contributed by atoms with van der Waals surface area (Å²) in [6.45, 7) is 7.01. The van der Waals surface area contributed by atoms with Crippen LogP contribution in [-0.4, -0.2) is 22.2 Å². The summed E-state index contributed by atoms with van der Waals surface area (Å²) in [4.78, 5) is 11.0. The zero-order chi connectivity index (χ0) is 21.1. The standard InChI is InChI=1S/C23H25Cl2NO3/c1-14-11-18(12-15(2)23(14)25)29-10-4-5-19-16(3)26(9-8-22(27)28)21-13-17(24)6-7-20(19)21/h6-7,11-13H,4-5,8-10H2,1-3H3,(H,27,28). The van der Waals surface area contributed by atoms with Gasteiger partial charge in [0.2, 0.25) is 0 Å². The van der Waals surface area contributed by atoms with Crippen LogP contribution in [0.15, 0.2) is 30.3 Å². The fourth-order valence-corrected chi connectivity index (χ4v) is 4.04. The Labute approximate surface area is 181 Å². The Morgan fingerprint density at radius 1 is 1.10 bits per heavy atom. The van der Waals surface area contributed by atoms with Gasteiger partial charge < -0.3 is 14.4 Å². The lowest BCUT2D eigenvalue weighted by atomic mass is 10.1. The van der Waals surface area contributed by atoms with Gasteiger partial charge in [0.15, 0.2) is 0 Å². The minimum Gasteiger partial charge on any atom is -0.494 e. The first-order valence-electron chi connectivity index (χ1n) is 9.66. The third kappa shape index (κ3) is 4.88. The van der Waals surface area contributed by atoms with Crippen LogP contribution in [0.2, 0.25) is 10.0 Å². The van der Waals surface area contributed by atoms with E-state index in [1.165, 1.54) is 5.56 Å². The zero-order valence-electron chi connectivity index (χ0n) is 16.9. The van der Waals surface area contributed by atoms with Crippen LogP contribution in [0.1, 0.15) is 35.2 Å². The van der Waals surface area contributed by atoms with Gasteiger partial charge in [-0.05, 0) is 74.6 Å². The monoisotopic (exact) mass is 433 g/mol. The molecule has 0 spiro atoms. The summed E-state index contributed by atoms with van der Waals surface area (Å²) in [5.41, 5.74) is 5.30. The van der Waals surface area contributed by atoms with Crippen molar-refractivity contribution in [2.24, 2.45) is 0 Å². The molecule has 0 aliphatic heterocycles. The topological polar surface area (TPSA) is 51.5 Å². The Morgan fingerprint density at radius 2 is 1.79 bits per heavy atom. The maximum Gasteiger partial charge on any atom is 0.305 e. The smallest absolute Gasteiger partial charge is 0.305 e. The van der Waals surface area contributed by atoms with Crippen molar-refractivity contribution in [1.82, 2.24) is 4.57 Å². The molecule has 3 aromatic rings. The SMILES string of the molecule is Cc1cc(OCCCc2c(C)n(CCC(=O)O)c3cc(Cl)ccc23)cc(C)c1Cl. The number of aliphatic carboxylic acids is 1. The maximum absolute atomic E-state index is 11.0. The van der Waals surface area contributed by atoms with Gasteiger partial charge in [-0.1, -0.05) is 29.3 Å². The molecule has 1 aromatic heterocycles. The van der Waals surface area contributed by atoms with E-state index in [2.05, 4.69) is 4.57 Å². The summed E-state index contributed by atoms with van der Waals surface area (Å²) in [5.74, 6) is 0.0218. The number of aromatic nitrogens is 1. The molecule has 0 saturated heterocycles. The van der Waals surface area contributed by atoms with Crippen LogP contribution in [0.4, 0.5) is 0 Å². The second-order valence-electron chi connectivity index (χ2n) is 7.34. The summed E-state index contributed by atoms with van der Waals surface area (Å²) < 4.78 is 7.99. The molecule has 0 aliphatic carbocycles. The molecule has 0 radical (unpaired) electrons. The quantitative estimate of drug-likeness (QED) is 0.420. The molecule has 154 valence electrons. The third-order valence-electron chi connectivity index (χ3n) is 5.22. The van der Waals surface area contributed by atoms with Gasteiger partial charge in [-0.15, -0.1) is 0 Å². The van der Waals surface area contributed by atoms with Gasteiger partial charge in [-0.3, -0.25) is 4.79 Å². The molecule has 0 bridgehead atoms. The molecule has 0 aliphatic rings. The van der Waals surface area contributed by atoms with Crippen LogP contribution < -0.4 is 4.74 Å². The first-order chi connectivity index (χ1) is 13.8. The zero-order valence-corrected chi connectivity index (χ0v) is 18.4. The molecular weight excluding hydrogens is 409 g/mol. The van der Waals surface area contributed by atoms with Crippen LogP contribution in [0.25, 0.3) is 10.9 Å². The number of nitrogens with zero attached hydrogens (tertiary/aromatic N) is 1. The number of aryl methyl sites for hydroxylation is 4. The number of hydrogen-bond acceptors (Lipinski definition) is 2. The fourth-order valence-electron chi connectivity index (χ4n) is 3.76. The average Bonchev–Trinajstić information content (AvgIpc) is 2.91. The van der Waals surface area contributed by atoms with E-state index in [0.717, 1.165) is 51.3 Å². The number of ether oxygens (including phenoxy) is 1. The van der Waals surface area contributed by atoms with Crippen molar-refractivity contribution in [1.29, 1.82) is 0 Å². The third-order valence-corrected chi connectivity index (χ3v) is 6.05. The van der Waals surface area contributed by atoms with E-state index in [0.29, 0.717) is 18.2 Å². The molecular formula is C23H25Cl2NO3. The molecule has 29 heavy (non-hydrogen) atoms. The van der Waals surface area contributed by atoms with Crippen molar-refractivity contribution >= 4 is 40.1 Å². The molecule has 1 heterocycles. The van der Waals surface area contributed by atoms with Gasteiger partial charge >= 0.3 is 5.97 Å². The molecule has 3 rings (SSSR count). The van der Waals surface area contributed by atoms with E-state index >= 15 is 0 Å². The van der Waals surface area contributed by atoms with Crippen molar-refractivity contribution in [3.63, 3.8) is 0 Å². The van der Waals surface area contributed by atoms with Gasteiger partial charge in [-0.25, -0.2) is 0 Å². The normalized spacial score (nSPS) is 11.2. The van der Waals surface area contributed by atoms with Gasteiger partial charge in [0.1, 0.15) is 5.75 Å². The molecule has 1 N–H and O–H groups in total. The van der Waals surface area contributed by atoms with E-state index in [1.54, 1.807) is 0 Å². The average molecular weight is 434 g/mol. The van der Waals surface area contributed by atoms with E-state index in [4.69, 9.17) is 33.0 Å². The van der Waals surface area contributed by atoms with Crippen molar-refractivity contribution in [3.8, 4) is 5.75 Å². The Balaban J connectivity index is 1.74. The van der Waals surface area contributed by atoms with Crippen molar-refractivity contribution in [2.45, 2.75) is 46.6 Å². The highest BCUT2D eigenvalue weighted by molar-refractivity contribution is 6.32. The molecule has 0 fully saturated rings. The van der Waals surface area contributed by atoms with Crippen molar-refractivity contribution in [3.05, 3.63) is 62.8 Å². The maximum atomic E-state index is 11.0. The predicted molar refractivity (Wildman–Crippen MR) is 119 cm³/mol. The lowest BCUT2D eigenvalue weighted by Crippen LogP contribution is -2.06.